The van der Waals surface area contributed by atoms with Crippen LogP contribution in [-0.2, 0) is 0 Å². The fraction of sp³-hybridized carbons (Fsp3) is 0.333. The third-order valence-electron chi connectivity index (χ3n) is 6.83. The number of anilines is 1. The van der Waals surface area contributed by atoms with Gasteiger partial charge < -0.3 is 14.9 Å². The number of hydrogen-bond acceptors (Lipinski definition) is 3. The van der Waals surface area contributed by atoms with Crippen LogP contribution in [0.3, 0.4) is 0 Å². The van der Waals surface area contributed by atoms with E-state index >= 15 is 0 Å². The summed E-state index contributed by atoms with van der Waals surface area (Å²) in [4.78, 5) is 4.87. The van der Waals surface area contributed by atoms with Crippen molar-refractivity contribution in [3.8, 4) is 0 Å². The third-order valence-corrected chi connectivity index (χ3v) is 6.83. The van der Waals surface area contributed by atoms with E-state index in [-0.39, 0.29) is 6.61 Å². The first-order valence-electron chi connectivity index (χ1n) is 12.1. The van der Waals surface area contributed by atoms with Gasteiger partial charge in [0.05, 0.1) is 0 Å². The maximum atomic E-state index is 9.63. The Morgan fingerprint density at radius 2 is 1.42 bits per heavy atom. The van der Waals surface area contributed by atoms with Crippen LogP contribution in [0.5, 0.6) is 0 Å². The van der Waals surface area contributed by atoms with Crippen LogP contribution in [0, 0.1) is 13.8 Å². The molecule has 1 saturated heterocycles. The lowest BCUT2D eigenvalue weighted by atomic mass is 9.86. The zero-order chi connectivity index (χ0) is 23.2. The zero-order valence-electron chi connectivity index (χ0n) is 20.2. The predicted molar refractivity (Wildman–Crippen MR) is 141 cm³/mol. The topological polar surface area (TPSA) is 26.7 Å². The van der Waals surface area contributed by atoms with Crippen molar-refractivity contribution in [2.24, 2.45) is 0 Å². The molecule has 1 fully saturated rings. The molecule has 4 rings (SSSR count). The fourth-order valence-corrected chi connectivity index (χ4v) is 4.62. The van der Waals surface area contributed by atoms with Crippen molar-refractivity contribution in [2.75, 3.05) is 44.7 Å². The molecule has 3 nitrogen and oxygen atoms in total. The molecule has 0 atom stereocenters. The van der Waals surface area contributed by atoms with Gasteiger partial charge in [-0.25, -0.2) is 0 Å². The van der Waals surface area contributed by atoms with Gasteiger partial charge in [0.1, 0.15) is 0 Å². The second-order valence-corrected chi connectivity index (χ2v) is 9.18. The van der Waals surface area contributed by atoms with Crippen molar-refractivity contribution < 1.29 is 5.11 Å². The number of piperazine rings is 1. The van der Waals surface area contributed by atoms with Gasteiger partial charge in [0.25, 0.3) is 0 Å². The van der Waals surface area contributed by atoms with E-state index in [1.165, 1.54) is 44.7 Å². The fourth-order valence-electron chi connectivity index (χ4n) is 4.62. The summed E-state index contributed by atoms with van der Waals surface area (Å²) < 4.78 is 0. The molecule has 1 N–H and O–H groups in total. The van der Waals surface area contributed by atoms with Crippen LogP contribution >= 0.6 is 0 Å². The number of aliphatic hydroxyl groups excluding tert-OH is 1. The minimum absolute atomic E-state index is 0.193. The Hall–Kier alpha value is -2.88. The van der Waals surface area contributed by atoms with Crippen molar-refractivity contribution in [3.63, 3.8) is 0 Å². The summed E-state index contributed by atoms with van der Waals surface area (Å²) in [6, 6.07) is 26.5. The first kappa shape index (κ1) is 23.3. The number of aliphatic hydroxyl groups is 1. The number of aryl methyl sites for hydroxylation is 2. The van der Waals surface area contributed by atoms with Gasteiger partial charge in [0, 0.05) is 38.5 Å². The van der Waals surface area contributed by atoms with Crippen LogP contribution in [0.15, 0.2) is 72.8 Å². The van der Waals surface area contributed by atoms with Crippen molar-refractivity contribution in [3.05, 3.63) is 101 Å². The maximum Gasteiger partial charge on any atom is 0.0434 e. The van der Waals surface area contributed by atoms with Crippen LogP contribution in [0.1, 0.15) is 40.7 Å². The summed E-state index contributed by atoms with van der Waals surface area (Å²) in [5, 5.41) is 9.63. The average molecular weight is 441 g/mol. The monoisotopic (exact) mass is 440 g/mol. The van der Waals surface area contributed by atoms with Gasteiger partial charge in [-0.1, -0.05) is 60.7 Å². The summed E-state index contributed by atoms with van der Waals surface area (Å²) in [6.07, 6.45) is 1.58. The summed E-state index contributed by atoms with van der Waals surface area (Å²) >= 11 is 0. The van der Waals surface area contributed by atoms with Crippen molar-refractivity contribution in [1.82, 2.24) is 4.90 Å². The lowest BCUT2D eigenvalue weighted by Crippen LogP contribution is -2.44. The summed E-state index contributed by atoms with van der Waals surface area (Å²) in [5.74, 6) is 0. The molecular formula is C30H36N2O. The van der Waals surface area contributed by atoms with E-state index in [0.29, 0.717) is 0 Å². The SMILES string of the molecule is Cc1ccc(/C(=C(\CCCO)c2ccccc2)c2ccc(N3CCN(C)CC3)cc2)cc1C. The molecule has 3 heteroatoms. The molecule has 172 valence electrons. The number of nitrogens with zero attached hydrogens (tertiary/aromatic N) is 2. The number of benzene rings is 3. The quantitative estimate of drug-likeness (QED) is 0.471. The van der Waals surface area contributed by atoms with E-state index in [2.05, 4.69) is 103 Å². The Balaban J connectivity index is 1.81. The predicted octanol–water partition coefficient (Wildman–Crippen LogP) is 5.79. The first-order chi connectivity index (χ1) is 16.1. The van der Waals surface area contributed by atoms with Crippen molar-refractivity contribution in [1.29, 1.82) is 0 Å². The lowest BCUT2D eigenvalue weighted by molar-refractivity contribution is 0.290. The van der Waals surface area contributed by atoms with Gasteiger partial charge in [0.2, 0.25) is 0 Å². The van der Waals surface area contributed by atoms with E-state index in [9.17, 15) is 5.11 Å². The molecule has 1 aliphatic rings. The van der Waals surface area contributed by atoms with E-state index in [4.69, 9.17) is 0 Å². The van der Waals surface area contributed by atoms with Gasteiger partial charge in [-0.05, 0) is 84.8 Å². The Morgan fingerprint density at radius 3 is 2.06 bits per heavy atom. The highest BCUT2D eigenvalue weighted by atomic mass is 16.2. The van der Waals surface area contributed by atoms with E-state index in [1.807, 2.05) is 0 Å². The molecule has 0 saturated carbocycles. The molecule has 0 bridgehead atoms. The highest BCUT2D eigenvalue weighted by Crippen LogP contribution is 2.36. The highest BCUT2D eigenvalue weighted by molar-refractivity contribution is 5.99. The van der Waals surface area contributed by atoms with Crippen LogP contribution < -0.4 is 4.90 Å². The normalized spacial score (nSPS) is 15.5. The number of hydrogen-bond donors (Lipinski definition) is 1. The Labute approximate surface area is 199 Å². The molecule has 1 heterocycles. The van der Waals surface area contributed by atoms with Gasteiger partial charge in [0.15, 0.2) is 0 Å². The average Bonchev–Trinajstić information content (AvgIpc) is 2.85. The van der Waals surface area contributed by atoms with E-state index < -0.39 is 0 Å². The van der Waals surface area contributed by atoms with Crippen LogP contribution in [0.2, 0.25) is 0 Å². The summed E-state index contributed by atoms with van der Waals surface area (Å²) in [5.41, 5.74) is 10.2. The van der Waals surface area contributed by atoms with Gasteiger partial charge in [-0.3, -0.25) is 0 Å². The largest absolute Gasteiger partial charge is 0.396 e. The molecule has 3 aromatic rings. The zero-order valence-corrected chi connectivity index (χ0v) is 20.2. The molecule has 0 amide bonds. The van der Waals surface area contributed by atoms with Crippen molar-refractivity contribution in [2.45, 2.75) is 26.7 Å². The Morgan fingerprint density at radius 1 is 0.758 bits per heavy atom. The third kappa shape index (κ3) is 5.55. The Kier molecular flexibility index (Phi) is 7.64. The number of rotatable bonds is 7. The second kappa shape index (κ2) is 10.8. The first-order valence-corrected chi connectivity index (χ1v) is 12.1. The minimum Gasteiger partial charge on any atom is -0.396 e. The molecule has 0 aromatic heterocycles. The minimum atomic E-state index is 0.193. The molecule has 0 aliphatic carbocycles. The van der Waals surface area contributed by atoms with Crippen LogP contribution in [-0.4, -0.2) is 49.8 Å². The smallest absolute Gasteiger partial charge is 0.0434 e. The van der Waals surface area contributed by atoms with Gasteiger partial charge >= 0.3 is 0 Å². The molecule has 0 spiro atoms. The molecule has 0 unspecified atom stereocenters. The lowest BCUT2D eigenvalue weighted by Gasteiger charge is -2.34. The molecular weight excluding hydrogens is 404 g/mol. The number of allylic oxidation sites excluding steroid dienone is 1. The van der Waals surface area contributed by atoms with Gasteiger partial charge in [-0.2, -0.15) is 0 Å². The Bertz CT molecular complexity index is 1080. The standard InChI is InChI=1S/C30H36N2O/c1-23-11-12-27(22-24(23)2)30(29(10-7-21-33)25-8-5-4-6-9-25)26-13-15-28(16-14-26)32-19-17-31(3)18-20-32/h4-6,8-9,11-16,22,33H,7,10,17-21H2,1-3H3/b30-29+. The van der Waals surface area contributed by atoms with Gasteiger partial charge in [-0.15, -0.1) is 0 Å². The van der Waals surface area contributed by atoms with Crippen LogP contribution in [0.25, 0.3) is 11.1 Å². The van der Waals surface area contributed by atoms with Crippen LogP contribution in [0.4, 0.5) is 5.69 Å². The summed E-state index contributed by atoms with van der Waals surface area (Å²) in [7, 11) is 2.19. The summed E-state index contributed by atoms with van der Waals surface area (Å²) in [6.45, 7) is 8.89. The van der Waals surface area contributed by atoms with Crippen molar-refractivity contribution >= 4 is 16.8 Å². The molecule has 33 heavy (non-hydrogen) atoms. The molecule has 0 radical (unpaired) electrons. The van der Waals surface area contributed by atoms with E-state index in [0.717, 1.165) is 39.0 Å². The highest BCUT2D eigenvalue weighted by Gasteiger charge is 2.17. The molecule has 3 aromatic carbocycles. The number of likely N-dealkylation sites (N-methyl/N-ethyl adjacent to an activating group) is 1. The van der Waals surface area contributed by atoms with E-state index in [1.54, 1.807) is 0 Å². The molecule has 1 aliphatic heterocycles. The maximum absolute atomic E-state index is 9.63. The second-order valence-electron chi connectivity index (χ2n) is 9.18.